The average molecular weight is 394 g/mol. The second-order valence-corrected chi connectivity index (χ2v) is 6.80. The molecule has 0 spiro atoms. The second-order valence-electron chi connectivity index (χ2n) is 5.12. The summed E-state index contributed by atoms with van der Waals surface area (Å²) in [5.74, 6) is -0.494. The van der Waals surface area contributed by atoms with Gasteiger partial charge in [-0.1, -0.05) is 29.3 Å². The molecule has 0 fully saturated rings. The van der Waals surface area contributed by atoms with Gasteiger partial charge in [-0.25, -0.2) is 9.78 Å². The van der Waals surface area contributed by atoms with Gasteiger partial charge in [0.2, 0.25) is 0 Å². The van der Waals surface area contributed by atoms with E-state index in [0.29, 0.717) is 21.3 Å². The molecule has 3 rings (SSSR count). The summed E-state index contributed by atoms with van der Waals surface area (Å²) < 4.78 is 6.90. The lowest BCUT2D eigenvalue weighted by Gasteiger charge is -2.01. The minimum atomic E-state index is -0.494. The lowest BCUT2D eigenvalue weighted by atomic mass is 10.2. The number of carbonyl (C=O) groups excluding carboxylic acids is 1. The molecule has 0 amide bonds. The van der Waals surface area contributed by atoms with Gasteiger partial charge in [-0.05, 0) is 18.2 Å². The van der Waals surface area contributed by atoms with Crippen LogP contribution in [-0.2, 0) is 23.2 Å². The molecule has 0 N–H and O–H groups in total. The number of nitrogens with zero attached hydrogens (tertiary/aromatic N) is 3. The standard InChI is InChI=1S/C17H13Cl2N3O2S/c1-22-8-11(7-20-22)17-21-12(10-25-17)9-24-16(23)6-5-13-14(18)3-2-4-15(13)19/h2-8,10H,9H2,1H3. The molecule has 0 saturated heterocycles. The number of rotatable bonds is 5. The number of hydrogen-bond acceptors (Lipinski definition) is 5. The Balaban J connectivity index is 1.59. The van der Waals surface area contributed by atoms with Crippen molar-refractivity contribution in [2.45, 2.75) is 6.61 Å². The highest BCUT2D eigenvalue weighted by Gasteiger charge is 2.08. The molecule has 1 aromatic carbocycles. The van der Waals surface area contributed by atoms with E-state index in [4.69, 9.17) is 27.9 Å². The molecule has 0 radical (unpaired) electrons. The van der Waals surface area contributed by atoms with E-state index in [1.807, 2.05) is 18.6 Å². The van der Waals surface area contributed by atoms with E-state index in [1.165, 1.54) is 23.5 Å². The first-order valence-electron chi connectivity index (χ1n) is 7.25. The van der Waals surface area contributed by atoms with Crippen LogP contribution in [0.4, 0.5) is 0 Å². The maximum Gasteiger partial charge on any atom is 0.331 e. The molecule has 0 atom stereocenters. The summed E-state index contributed by atoms with van der Waals surface area (Å²) >= 11 is 13.6. The zero-order valence-corrected chi connectivity index (χ0v) is 15.5. The Morgan fingerprint density at radius 1 is 1.36 bits per heavy atom. The van der Waals surface area contributed by atoms with Crippen molar-refractivity contribution in [3.63, 3.8) is 0 Å². The second kappa shape index (κ2) is 7.82. The molecule has 3 aromatic rings. The molecule has 5 nitrogen and oxygen atoms in total. The maximum atomic E-state index is 11.9. The van der Waals surface area contributed by atoms with Gasteiger partial charge in [0.05, 0.1) is 11.9 Å². The van der Waals surface area contributed by atoms with Crippen molar-refractivity contribution < 1.29 is 9.53 Å². The van der Waals surface area contributed by atoms with E-state index in [-0.39, 0.29) is 6.61 Å². The molecule has 128 valence electrons. The Bertz CT molecular complexity index is 913. The fraction of sp³-hybridized carbons (Fsp3) is 0.118. The number of ether oxygens (including phenoxy) is 1. The van der Waals surface area contributed by atoms with E-state index in [2.05, 4.69) is 10.1 Å². The Kier molecular flexibility index (Phi) is 5.53. The van der Waals surface area contributed by atoms with Gasteiger partial charge in [-0.15, -0.1) is 11.3 Å². The summed E-state index contributed by atoms with van der Waals surface area (Å²) in [6, 6.07) is 5.14. The van der Waals surface area contributed by atoms with Gasteiger partial charge in [0, 0.05) is 45.9 Å². The Hall–Kier alpha value is -2.15. The first-order chi connectivity index (χ1) is 12.0. The van der Waals surface area contributed by atoms with Crippen LogP contribution in [0.1, 0.15) is 11.3 Å². The van der Waals surface area contributed by atoms with Crippen LogP contribution in [0.5, 0.6) is 0 Å². The molecule has 0 saturated carbocycles. The van der Waals surface area contributed by atoms with Crippen LogP contribution in [0.3, 0.4) is 0 Å². The predicted molar refractivity (Wildman–Crippen MR) is 99.6 cm³/mol. The number of halogens is 2. The predicted octanol–water partition coefficient (Wildman–Crippen LogP) is 4.61. The summed E-state index contributed by atoms with van der Waals surface area (Å²) in [6.07, 6.45) is 6.45. The van der Waals surface area contributed by atoms with Crippen molar-refractivity contribution in [3.05, 3.63) is 63.4 Å². The van der Waals surface area contributed by atoms with Gasteiger partial charge in [0.25, 0.3) is 0 Å². The van der Waals surface area contributed by atoms with Crippen LogP contribution < -0.4 is 0 Å². The molecule has 0 aliphatic rings. The molecule has 2 heterocycles. The molecule has 0 unspecified atom stereocenters. The van der Waals surface area contributed by atoms with E-state index in [9.17, 15) is 4.79 Å². The van der Waals surface area contributed by atoms with E-state index >= 15 is 0 Å². The highest BCUT2D eigenvalue weighted by molar-refractivity contribution is 7.13. The van der Waals surface area contributed by atoms with Crippen LogP contribution in [0.25, 0.3) is 16.6 Å². The van der Waals surface area contributed by atoms with Gasteiger partial charge in [0.15, 0.2) is 0 Å². The molecule has 0 bridgehead atoms. The maximum absolute atomic E-state index is 11.9. The molecular weight excluding hydrogens is 381 g/mol. The third kappa shape index (κ3) is 4.48. The fourth-order valence-corrected chi connectivity index (χ4v) is 3.36. The number of hydrogen-bond donors (Lipinski definition) is 0. The number of esters is 1. The minimum Gasteiger partial charge on any atom is -0.456 e. The first-order valence-corrected chi connectivity index (χ1v) is 8.89. The van der Waals surface area contributed by atoms with Crippen molar-refractivity contribution in [2.75, 3.05) is 0 Å². The normalized spacial score (nSPS) is 11.2. The van der Waals surface area contributed by atoms with E-state index in [0.717, 1.165) is 10.6 Å². The largest absolute Gasteiger partial charge is 0.456 e. The Morgan fingerprint density at radius 2 is 2.12 bits per heavy atom. The fourth-order valence-electron chi connectivity index (χ4n) is 2.05. The van der Waals surface area contributed by atoms with Crippen molar-refractivity contribution >= 4 is 46.6 Å². The summed E-state index contributed by atoms with van der Waals surface area (Å²) in [5, 5.41) is 7.73. The Morgan fingerprint density at radius 3 is 2.80 bits per heavy atom. The van der Waals surface area contributed by atoms with E-state index < -0.39 is 5.97 Å². The zero-order chi connectivity index (χ0) is 17.8. The summed E-state index contributed by atoms with van der Waals surface area (Å²) in [5.41, 5.74) is 2.19. The highest BCUT2D eigenvalue weighted by Crippen LogP contribution is 2.26. The monoisotopic (exact) mass is 393 g/mol. The van der Waals surface area contributed by atoms with Crippen molar-refractivity contribution in [2.24, 2.45) is 7.05 Å². The van der Waals surface area contributed by atoms with Gasteiger partial charge < -0.3 is 4.74 Å². The molecule has 0 aliphatic heterocycles. The van der Waals surface area contributed by atoms with Crippen LogP contribution in [0, 0.1) is 0 Å². The van der Waals surface area contributed by atoms with Gasteiger partial charge in [0.1, 0.15) is 11.6 Å². The highest BCUT2D eigenvalue weighted by atomic mass is 35.5. The molecule has 25 heavy (non-hydrogen) atoms. The van der Waals surface area contributed by atoms with Gasteiger partial charge in [-0.3, -0.25) is 4.68 Å². The molecule has 2 aromatic heterocycles. The zero-order valence-electron chi connectivity index (χ0n) is 13.1. The number of aromatic nitrogens is 3. The molecular formula is C17H13Cl2N3O2S. The lowest BCUT2D eigenvalue weighted by molar-refractivity contribution is -0.139. The SMILES string of the molecule is Cn1cc(-c2nc(COC(=O)C=Cc3c(Cl)cccc3Cl)cs2)cn1. The number of thiazole rings is 1. The van der Waals surface area contributed by atoms with E-state index in [1.54, 1.807) is 29.1 Å². The first kappa shape index (κ1) is 17.7. The van der Waals surface area contributed by atoms with Gasteiger partial charge in [-0.2, -0.15) is 5.10 Å². The van der Waals surface area contributed by atoms with Crippen molar-refractivity contribution in [3.8, 4) is 10.6 Å². The average Bonchev–Trinajstić information content (AvgIpc) is 3.21. The quantitative estimate of drug-likeness (QED) is 0.469. The van der Waals surface area contributed by atoms with Crippen molar-refractivity contribution in [1.82, 2.24) is 14.8 Å². The van der Waals surface area contributed by atoms with Crippen LogP contribution in [0.15, 0.2) is 42.0 Å². The van der Waals surface area contributed by atoms with Crippen molar-refractivity contribution in [1.29, 1.82) is 0 Å². The van der Waals surface area contributed by atoms with Crippen LogP contribution in [0.2, 0.25) is 10.0 Å². The van der Waals surface area contributed by atoms with Gasteiger partial charge >= 0.3 is 5.97 Å². The number of aryl methyl sites for hydroxylation is 1. The smallest absolute Gasteiger partial charge is 0.331 e. The lowest BCUT2D eigenvalue weighted by Crippen LogP contribution is -2.01. The third-order valence-electron chi connectivity index (χ3n) is 3.25. The third-order valence-corrected chi connectivity index (χ3v) is 4.85. The number of benzene rings is 1. The van der Waals surface area contributed by atoms with Crippen LogP contribution >= 0.6 is 34.5 Å². The summed E-state index contributed by atoms with van der Waals surface area (Å²) in [6.45, 7) is 0.0934. The molecule has 8 heteroatoms. The topological polar surface area (TPSA) is 57.0 Å². The summed E-state index contributed by atoms with van der Waals surface area (Å²) in [7, 11) is 1.84. The van der Waals surface area contributed by atoms with Crippen LogP contribution in [-0.4, -0.2) is 20.7 Å². The Labute approximate surface area is 158 Å². The number of carbonyl (C=O) groups is 1. The summed E-state index contributed by atoms with van der Waals surface area (Å²) in [4.78, 5) is 16.3. The molecule has 0 aliphatic carbocycles. The minimum absolute atomic E-state index is 0.0934.